The molecule has 1 fully saturated rings. The van der Waals surface area contributed by atoms with E-state index in [1.807, 2.05) is 0 Å². The molecule has 0 saturated carbocycles. The highest BCUT2D eigenvalue weighted by molar-refractivity contribution is 6.30. The molecule has 0 bridgehead atoms. The zero-order valence-electron chi connectivity index (χ0n) is 20.9. The summed E-state index contributed by atoms with van der Waals surface area (Å²) in [7, 11) is 0. The summed E-state index contributed by atoms with van der Waals surface area (Å²) in [5.41, 5.74) is -3.27. The molecule has 2 aromatic heterocycles. The number of alkyl halides is 2. The molecule has 0 unspecified atom stereocenters. The molecule has 0 N–H and O–H groups in total. The highest BCUT2D eigenvalue weighted by atomic mass is 35.5. The molecule has 38 heavy (non-hydrogen) atoms. The molecule has 1 aromatic carbocycles. The summed E-state index contributed by atoms with van der Waals surface area (Å²) in [4.78, 5) is 45.4. The van der Waals surface area contributed by atoms with Crippen molar-refractivity contribution in [2.75, 3.05) is 6.61 Å². The average molecular weight is 550 g/mol. The summed E-state index contributed by atoms with van der Waals surface area (Å²) < 4.78 is 45.5. The van der Waals surface area contributed by atoms with Crippen molar-refractivity contribution in [2.45, 2.75) is 51.4 Å². The summed E-state index contributed by atoms with van der Waals surface area (Å²) in [6.45, 7) is 3.84. The monoisotopic (exact) mass is 549 g/mol. The van der Waals surface area contributed by atoms with Crippen molar-refractivity contribution >= 4 is 23.4 Å². The van der Waals surface area contributed by atoms with Gasteiger partial charge in [-0.25, -0.2) is 28.0 Å². The van der Waals surface area contributed by atoms with Crippen LogP contribution in [0.5, 0.6) is 0 Å². The molecular formula is C25H26ClF2N5O5. The lowest BCUT2D eigenvalue weighted by atomic mass is 9.80. The fourth-order valence-corrected chi connectivity index (χ4v) is 4.54. The number of halogens is 3. The first-order chi connectivity index (χ1) is 17.9. The minimum Gasteiger partial charge on any atom is -0.462 e. The maximum Gasteiger partial charge on any atom is 0.351 e. The molecule has 13 heteroatoms. The Morgan fingerprint density at radius 3 is 2.66 bits per heavy atom. The summed E-state index contributed by atoms with van der Waals surface area (Å²) >= 11 is 5.90. The van der Waals surface area contributed by atoms with Crippen molar-refractivity contribution in [2.24, 2.45) is 11.8 Å². The number of Topliss-reactive ketones (excluding diaryl/α,β-unsaturated/α-hetero) is 1. The number of ether oxygens (including phenoxy) is 2. The predicted molar refractivity (Wildman–Crippen MR) is 131 cm³/mol. The van der Waals surface area contributed by atoms with Crippen molar-refractivity contribution in [3.8, 4) is 5.82 Å². The van der Waals surface area contributed by atoms with Gasteiger partial charge in [-0.05, 0) is 31.2 Å². The van der Waals surface area contributed by atoms with Crippen molar-refractivity contribution in [3.63, 3.8) is 0 Å². The highest BCUT2D eigenvalue weighted by Gasteiger charge is 2.64. The smallest absolute Gasteiger partial charge is 0.351 e. The Morgan fingerprint density at radius 2 is 2.03 bits per heavy atom. The lowest BCUT2D eigenvalue weighted by Gasteiger charge is -2.30. The number of hydrogen-bond acceptors (Lipinski definition) is 8. The Labute approximate surface area is 221 Å². The molecule has 0 radical (unpaired) electrons. The maximum absolute atomic E-state index is 16.4. The molecule has 1 aliphatic rings. The number of esters is 1. The van der Waals surface area contributed by atoms with Crippen molar-refractivity contribution in [1.82, 2.24) is 24.3 Å². The van der Waals surface area contributed by atoms with E-state index in [4.69, 9.17) is 21.1 Å². The predicted octanol–water partition coefficient (Wildman–Crippen LogP) is 3.88. The Balaban J connectivity index is 1.59. The van der Waals surface area contributed by atoms with Crippen LogP contribution >= 0.6 is 11.6 Å². The van der Waals surface area contributed by atoms with E-state index in [1.54, 1.807) is 26.0 Å². The number of hydrogen-bond donors (Lipinski definition) is 0. The van der Waals surface area contributed by atoms with Gasteiger partial charge in [-0.2, -0.15) is 10.1 Å². The SMILES string of the molecule is CC(C)C(=O)C[C@H]1[C@@](C)(F)[C@H](n2ccc(-n3cncn3)nc2=O)O[C@]1(F)CCOC(=O)c1cccc(Cl)c1. The van der Waals surface area contributed by atoms with E-state index >= 15 is 8.78 Å². The summed E-state index contributed by atoms with van der Waals surface area (Å²) in [5, 5.41) is 4.20. The van der Waals surface area contributed by atoms with E-state index in [0.29, 0.717) is 5.02 Å². The first kappa shape index (κ1) is 27.5. The van der Waals surface area contributed by atoms with E-state index in [0.717, 1.165) is 11.5 Å². The first-order valence-corrected chi connectivity index (χ1v) is 12.3. The largest absolute Gasteiger partial charge is 0.462 e. The summed E-state index contributed by atoms with van der Waals surface area (Å²) in [5.74, 6) is -5.84. The van der Waals surface area contributed by atoms with Crippen LogP contribution in [0.15, 0.2) is 54.0 Å². The molecule has 0 aliphatic carbocycles. The van der Waals surface area contributed by atoms with Crippen LogP contribution in [-0.2, 0) is 14.3 Å². The summed E-state index contributed by atoms with van der Waals surface area (Å²) in [6, 6.07) is 7.38. The minimum atomic E-state index is -2.74. The molecule has 0 amide bonds. The number of ketones is 1. The van der Waals surface area contributed by atoms with Crippen molar-refractivity contribution in [1.29, 1.82) is 0 Å². The third-order valence-corrected chi connectivity index (χ3v) is 6.73. The Morgan fingerprint density at radius 1 is 1.26 bits per heavy atom. The van der Waals surface area contributed by atoms with Crippen LogP contribution in [0, 0.1) is 11.8 Å². The number of carbonyl (C=O) groups is 2. The molecule has 202 valence electrons. The van der Waals surface area contributed by atoms with Crippen molar-refractivity contribution < 1.29 is 27.8 Å². The number of aromatic nitrogens is 5. The van der Waals surface area contributed by atoms with Gasteiger partial charge in [0.2, 0.25) is 5.85 Å². The van der Waals surface area contributed by atoms with Gasteiger partial charge in [-0.1, -0.05) is 31.5 Å². The second-order valence-corrected chi connectivity index (χ2v) is 9.93. The second kappa shape index (κ2) is 10.7. The molecule has 1 saturated heterocycles. The molecule has 10 nitrogen and oxygen atoms in total. The zero-order valence-corrected chi connectivity index (χ0v) is 21.6. The molecule has 1 aliphatic heterocycles. The molecule has 4 rings (SSSR count). The lowest BCUT2D eigenvalue weighted by molar-refractivity contribution is -0.184. The zero-order chi connectivity index (χ0) is 27.7. The van der Waals surface area contributed by atoms with Crippen LogP contribution in [0.4, 0.5) is 8.78 Å². The Hall–Kier alpha value is -3.51. The van der Waals surface area contributed by atoms with Gasteiger partial charge in [0.05, 0.1) is 18.1 Å². The topological polar surface area (TPSA) is 118 Å². The standard InChI is InChI=1S/C25H26ClF2N5O5/c1-15(2)18(34)12-19-24(3,27)22(32-9-7-20(31-23(32)36)33-14-29-13-30-33)38-25(19,28)8-10-37-21(35)16-5-4-6-17(26)11-16/h4-7,9,11,13-15,19,22H,8,10,12H2,1-3H3/t19-,22+,24+,25+/m0/s1. The normalized spacial score (nSPS) is 25.0. The van der Waals surface area contributed by atoms with Crippen LogP contribution < -0.4 is 5.69 Å². The van der Waals surface area contributed by atoms with Crippen LogP contribution in [-0.4, -0.2) is 54.2 Å². The van der Waals surface area contributed by atoms with Gasteiger partial charge in [0.15, 0.2) is 17.7 Å². The fourth-order valence-electron chi connectivity index (χ4n) is 4.35. The third kappa shape index (κ3) is 5.51. The van der Waals surface area contributed by atoms with Crippen LogP contribution in [0.3, 0.4) is 0 Å². The molecule has 3 aromatic rings. The first-order valence-electron chi connectivity index (χ1n) is 11.9. The minimum absolute atomic E-state index is 0.119. The molecule has 4 atom stereocenters. The van der Waals surface area contributed by atoms with Gasteiger partial charge in [-0.3, -0.25) is 9.36 Å². The molecule has 3 heterocycles. The molecular weight excluding hydrogens is 524 g/mol. The molecule has 0 spiro atoms. The van der Waals surface area contributed by atoms with E-state index in [9.17, 15) is 14.4 Å². The fraction of sp³-hybridized carbons (Fsp3) is 0.440. The second-order valence-electron chi connectivity index (χ2n) is 9.50. The van der Waals surface area contributed by atoms with Gasteiger partial charge in [0.1, 0.15) is 18.4 Å². The van der Waals surface area contributed by atoms with Gasteiger partial charge in [-0.15, -0.1) is 0 Å². The van der Waals surface area contributed by atoms with E-state index in [2.05, 4.69) is 15.1 Å². The van der Waals surface area contributed by atoms with Crippen molar-refractivity contribution in [3.05, 3.63) is 70.3 Å². The van der Waals surface area contributed by atoms with E-state index in [-0.39, 0.29) is 17.2 Å². The third-order valence-electron chi connectivity index (χ3n) is 6.50. The van der Waals surface area contributed by atoms with E-state index in [1.165, 1.54) is 41.7 Å². The highest BCUT2D eigenvalue weighted by Crippen LogP contribution is 2.54. The quantitative estimate of drug-likeness (QED) is 0.369. The van der Waals surface area contributed by atoms with Gasteiger partial charge < -0.3 is 9.47 Å². The van der Waals surface area contributed by atoms with Crippen LogP contribution in [0.2, 0.25) is 5.02 Å². The Bertz CT molecular complexity index is 1380. The van der Waals surface area contributed by atoms with Crippen LogP contribution in [0.1, 0.15) is 50.2 Å². The lowest BCUT2D eigenvalue weighted by Crippen LogP contribution is -2.43. The van der Waals surface area contributed by atoms with Gasteiger partial charge in [0.25, 0.3) is 0 Å². The number of rotatable bonds is 9. The number of benzene rings is 1. The van der Waals surface area contributed by atoms with Crippen LogP contribution in [0.25, 0.3) is 5.82 Å². The van der Waals surface area contributed by atoms with Gasteiger partial charge >= 0.3 is 11.7 Å². The van der Waals surface area contributed by atoms with E-state index < -0.39 is 60.7 Å². The number of carbonyl (C=O) groups excluding carboxylic acids is 2. The average Bonchev–Trinajstić information content (AvgIpc) is 3.46. The van der Waals surface area contributed by atoms with Gasteiger partial charge in [0, 0.05) is 30.0 Å². The maximum atomic E-state index is 16.4. The summed E-state index contributed by atoms with van der Waals surface area (Å²) in [6.07, 6.45) is 0.970. The number of nitrogens with zero attached hydrogens (tertiary/aromatic N) is 5. The Kier molecular flexibility index (Phi) is 7.75.